The van der Waals surface area contributed by atoms with Gasteiger partial charge in [-0.2, -0.15) is 8.42 Å². The molecule has 4 rings (SSSR count). The number of nitrogens with one attached hydrogen (secondary N) is 2. The number of carbonyl (C=O) groups is 1. The van der Waals surface area contributed by atoms with E-state index in [-0.39, 0.29) is 22.9 Å². The molecule has 0 radical (unpaired) electrons. The highest BCUT2D eigenvalue weighted by atomic mass is 32.3. The molecule has 296 valence electrons. The van der Waals surface area contributed by atoms with Crippen LogP contribution in [-0.2, 0) is 19.4 Å². The van der Waals surface area contributed by atoms with Crippen LogP contribution in [0.1, 0.15) is 125 Å². The monoisotopic (exact) mass is 736 g/mol. The van der Waals surface area contributed by atoms with E-state index in [0.29, 0.717) is 53.4 Å². The first-order valence-corrected chi connectivity index (χ1v) is 20.7. The van der Waals surface area contributed by atoms with Crippen molar-refractivity contribution in [3.8, 4) is 0 Å². The third kappa shape index (κ3) is 11.8. The molecular weight excluding hydrogens is 662 g/mol. The largest absolute Gasteiger partial charge is 0.479 e. The third-order valence-electron chi connectivity index (χ3n) is 13.5. The van der Waals surface area contributed by atoms with Crippen molar-refractivity contribution in [2.45, 2.75) is 149 Å². The highest BCUT2D eigenvalue weighted by Gasteiger charge is 2.62. The Morgan fingerprint density at radius 1 is 0.920 bits per heavy atom. The molecule has 4 saturated carbocycles. The molecule has 4 aliphatic carbocycles. The molecule has 0 heterocycles. The van der Waals surface area contributed by atoms with Gasteiger partial charge in [0.1, 0.15) is 6.10 Å². The van der Waals surface area contributed by atoms with Gasteiger partial charge in [0.15, 0.2) is 0 Å². The summed E-state index contributed by atoms with van der Waals surface area (Å²) in [5.41, 5.74) is 6.13. The standard InChI is InChI=1S/C34H65N3O5S.C3H6O3.H2O/c1-23(2)31(42-43(39,40)41)12-9-24(3)27-10-11-28-32-29(14-16-34(27,28)5)33(4)15-13-26(21-25(33)22-30(32)38)37-20-8-19-36-18-7-6-17-35;1-2(4)3(5)6;/h23-32,36-38H,6-22,35H2,1-5H3,(H,39,40,41);2,4H,1H3,(H,5,6);1H2/t24-,25-,26+,27-,28+,29+,30-,31-,32+,33+,34-;2-;/m10./s1. The summed E-state index contributed by atoms with van der Waals surface area (Å²) < 4.78 is 37.1. The molecular formula is C37H73N3O9S. The van der Waals surface area contributed by atoms with E-state index in [2.05, 4.69) is 31.4 Å². The first-order valence-electron chi connectivity index (χ1n) is 19.3. The predicted molar refractivity (Wildman–Crippen MR) is 197 cm³/mol. The van der Waals surface area contributed by atoms with Crippen LogP contribution in [0.3, 0.4) is 0 Å². The third-order valence-corrected chi connectivity index (χ3v) is 14.0. The summed E-state index contributed by atoms with van der Waals surface area (Å²) in [6.07, 6.45) is 12.5. The van der Waals surface area contributed by atoms with E-state index < -0.39 is 28.6 Å². The van der Waals surface area contributed by atoms with Crippen LogP contribution in [0.25, 0.3) is 0 Å². The zero-order valence-electron chi connectivity index (χ0n) is 31.8. The van der Waals surface area contributed by atoms with Gasteiger partial charge in [0.2, 0.25) is 0 Å². The van der Waals surface area contributed by atoms with E-state index in [9.17, 15) is 22.9 Å². The van der Waals surface area contributed by atoms with Crippen LogP contribution in [-0.4, -0.2) is 90.3 Å². The number of aliphatic carboxylic acids is 1. The summed E-state index contributed by atoms with van der Waals surface area (Å²) in [6, 6.07) is 0.573. The van der Waals surface area contributed by atoms with E-state index in [1.807, 2.05) is 13.8 Å². The Balaban J connectivity index is 0.00000114. The lowest BCUT2D eigenvalue weighted by Gasteiger charge is -2.62. The molecule has 0 spiro atoms. The lowest BCUT2D eigenvalue weighted by atomic mass is 9.43. The minimum Gasteiger partial charge on any atom is -0.479 e. The van der Waals surface area contributed by atoms with E-state index in [1.165, 1.54) is 51.9 Å². The average molecular weight is 736 g/mol. The van der Waals surface area contributed by atoms with Crippen LogP contribution in [0.2, 0.25) is 0 Å². The fourth-order valence-corrected chi connectivity index (χ4v) is 11.3. The van der Waals surface area contributed by atoms with E-state index in [1.54, 1.807) is 0 Å². The van der Waals surface area contributed by atoms with Crippen molar-refractivity contribution in [3.63, 3.8) is 0 Å². The van der Waals surface area contributed by atoms with Crippen LogP contribution in [0, 0.1) is 52.3 Å². The molecule has 0 aliphatic heterocycles. The van der Waals surface area contributed by atoms with Crippen LogP contribution in [0.4, 0.5) is 0 Å². The van der Waals surface area contributed by atoms with Gasteiger partial charge in [-0.05, 0) is 169 Å². The van der Waals surface area contributed by atoms with Gasteiger partial charge < -0.3 is 37.2 Å². The van der Waals surface area contributed by atoms with Crippen molar-refractivity contribution in [2.24, 2.45) is 58.0 Å². The lowest BCUT2D eigenvalue weighted by molar-refractivity contribution is -0.167. The Kier molecular flexibility index (Phi) is 18.1. The molecule has 13 heteroatoms. The Hall–Kier alpha value is -0.900. The Morgan fingerprint density at radius 2 is 1.54 bits per heavy atom. The molecule has 0 aromatic heterocycles. The van der Waals surface area contributed by atoms with E-state index >= 15 is 0 Å². The number of unbranched alkanes of at least 4 members (excludes halogenated alkanes) is 1. The van der Waals surface area contributed by atoms with Crippen molar-refractivity contribution in [1.29, 1.82) is 0 Å². The van der Waals surface area contributed by atoms with Crippen LogP contribution < -0.4 is 16.4 Å². The number of fused-ring (bicyclic) bond motifs is 5. The summed E-state index contributed by atoms with van der Waals surface area (Å²) in [4.78, 5) is 9.45. The fraction of sp³-hybridized carbons (Fsp3) is 0.973. The van der Waals surface area contributed by atoms with E-state index in [4.69, 9.17) is 20.1 Å². The number of nitrogens with two attached hydrogens (primary N) is 1. The summed E-state index contributed by atoms with van der Waals surface area (Å²) in [6.45, 7) is 16.5. The maximum atomic E-state index is 11.8. The van der Waals surface area contributed by atoms with Crippen LogP contribution in [0.15, 0.2) is 0 Å². The molecule has 50 heavy (non-hydrogen) atoms. The minimum atomic E-state index is -4.45. The molecule has 0 unspecified atom stereocenters. The summed E-state index contributed by atoms with van der Waals surface area (Å²) in [5.74, 6) is 2.03. The molecule has 10 N–H and O–H groups in total. The van der Waals surface area contributed by atoms with Gasteiger partial charge in [-0.25, -0.2) is 8.98 Å². The summed E-state index contributed by atoms with van der Waals surface area (Å²) in [5, 5.41) is 34.9. The van der Waals surface area contributed by atoms with Crippen molar-refractivity contribution in [3.05, 3.63) is 0 Å². The second kappa shape index (κ2) is 20.0. The summed E-state index contributed by atoms with van der Waals surface area (Å²) >= 11 is 0. The number of hydrogen-bond donors (Lipinski definition) is 7. The first kappa shape index (κ1) is 45.3. The van der Waals surface area contributed by atoms with Gasteiger partial charge in [-0.15, -0.1) is 0 Å². The van der Waals surface area contributed by atoms with Crippen molar-refractivity contribution < 1.29 is 42.7 Å². The molecule has 12 nitrogen and oxygen atoms in total. The molecule has 0 bridgehead atoms. The Labute approximate surface area is 302 Å². The van der Waals surface area contributed by atoms with Crippen LogP contribution in [0.5, 0.6) is 0 Å². The number of carboxylic acids is 1. The predicted octanol–water partition coefficient (Wildman–Crippen LogP) is 4.18. The maximum absolute atomic E-state index is 11.8. The number of carboxylic acid groups (broad SMARTS) is 1. The molecule has 12 atom stereocenters. The van der Waals surface area contributed by atoms with Gasteiger partial charge >= 0.3 is 16.4 Å². The second-order valence-corrected chi connectivity index (χ2v) is 18.0. The first-order chi connectivity index (χ1) is 22.9. The van der Waals surface area contributed by atoms with Crippen molar-refractivity contribution >= 4 is 16.4 Å². The number of aliphatic hydroxyl groups is 2. The van der Waals surface area contributed by atoms with E-state index in [0.717, 1.165) is 58.3 Å². The minimum absolute atomic E-state index is 0. The smallest absolute Gasteiger partial charge is 0.397 e. The topological polar surface area (TPSA) is 223 Å². The molecule has 4 aliphatic rings. The fourth-order valence-electron chi connectivity index (χ4n) is 10.7. The van der Waals surface area contributed by atoms with Crippen molar-refractivity contribution in [2.75, 3.05) is 26.2 Å². The van der Waals surface area contributed by atoms with Crippen molar-refractivity contribution in [1.82, 2.24) is 10.6 Å². The Morgan fingerprint density at radius 3 is 2.14 bits per heavy atom. The van der Waals surface area contributed by atoms with Gasteiger partial charge in [-0.1, -0.05) is 34.6 Å². The van der Waals surface area contributed by atoms with Crippen LogP contribution >= 0.6 is 0 Å². The zero-order valence-corrected chi connectivity index (χ0v) is 32.6. The molecule has 0 aromatic carbocycles. The number of rotatable bonds is 17. The van der Waals surface area contributed by atoms with Gasteiger partial charge in [0, 0.05) is 6.04 Å². The van der Waals surface area contributed by atoms with Gasteiger partial charge in [0.25, 0.3) is 0 Å². The molecule has 4 fully saturated rings. The number of hydrogen-bond acceptors (Lipinski definition) is 9. The quantitative estimate of drug-likeness (QED) is 0.0829. The van der Waals surface area contributed by atoms with Gasteiger partial charge in [-0.3, -0.25) is 4.55 Å². The SMILES string of the molecule is CC(C)[C@@H](CC[C@@H](C)[C@H]1CC[C@H]2[C@@H]3[C@H](O)C[C@H]4C[C@@H](NCCCNCCCCN)CC[C@]4(C)[C@H]3CC[C@]12C)OS(=O)(=O)O.C[C@H](O)C(=O)O.O. The normalized spacial score (nSPS) is 35.4. The summed E-state index contributed by atoms with van der Waals surface area (Å²) in [7, 11) is -4.45. The molecule has 0 saturated heterocycles. The maximum Gasteiger partial charge on any atom is 0.397 e. The zero-order chi connectivity index (χ0) is 36.6. The highest BCUT2D eigenvalue weighted by molar-refractivity contribution is 7.80. The average Bonchev–Trinajstić information content (AvgIpc) is 3.37. The molecule has 0 aromatic rings. The second-order valence-electron chi connectivity index (χ2n) is 16.9. The molecule has 0 amide bonds. The number of aliphatic hydroxyl groups excluding tert-OH is 2. The Bertz CT molecular complexity index is 1130. The lowest BCUT2D eigenvalue weighted by Crippen LogP contribution is -2.59. The van der Waals surface area contributed by atoms with Gasteiger partial charge in [0.05, 0.1) is 12.2 Å². The highest BCUT2D eigenvalue weighted by Crippen LogP contribution is 2.68.